The molecule has 3 nitrogen and oxygen atoms in total. The van der Waals surface area contributed by atoms with Gasteiger partial charge in [0.25, 0.3) is 0 Å². The zero-order chi connectivity index (χ0) is 10.6. The summed E-state index contributed by atoms with van der Waals surface area (Å²) in [6.07, 6.45) is 4.01. The Morgan fingerprint density at radius 2 is 2.13 bits per heavy atom. The van der Waals surface area contributed by atoms with Gasteiger partial charge in [0.15, 0.2) is 0 Å². The van der Waals surface area contributed by atoms with Crippen LogP contribution in [-0.2, 0) is 4.74 Å². The molecule has 1 atom stereocenters. The third-order valence-electron chi connectivity index (χ3n) is 3.69. The maximum Gasteiger partial charge on any atom is 0.0547 e. The van der Waals surface area contributed by atoms with E-state index in [1.807, 2.05) is 0 Å². The minimum atomic E-state index is 0.403. The lowest BCUT2D eigenvalue weighted by Crippen LogP contribution is -2.43. The summed E-state index contributed by atoms with van der Waals surface area (Å²) in [7, 11) is 0. The number of nitrogens with one attached hydrogen (secondary N) is 1. The molecule has 2 rings (SSSR count). The summed E-state index contributed by atoms with van der Waals surface area (Å²) in [5, 5.41) is 3.50. The second-order valence-electron chi connectivity index (χ2n) is 5.07. The zero-order valence-corrected chi connectivity index (χ0v) is 9.93. The van der Waals surface area contributed by atoms with Gasteiger partial charge < -0.3 is 15.0 Å². The van der Waals surface area contributed by atoms with Gasteiger partial charge in [-0.25, -0.2) is 0 Å². The van der Waals surface area contributed by atoms with Crippen molar-refractivity contribution in [3.63, 3.8) is 0 Å². The highest BCUT2D eigenvalue weighted by Gasteiger charge is 2.36. The van der Waals surface area contributed by atoms with Gasteiger partial charge in [0.2, 0.25) is 0 Å². The first-order chi connectivity index (χ1) is 7.35. The van der Waals surface area contributed by atoms with Crippen LogP contribution in [0.2, 0.25) is 0 Å². The van der Waals surface area contributed by atoms with Crippen LogP contribution in [0, 0.1) is 5.41 Å². The molecule has 1 N–H and O–H groups in total. The van der Waals surface area contributed by atoms with Crippen LogP contribution in [0.1, 0.15) is 26.2 Å². The smallest absolute Gasteiger partial charge is 0.0547 e. The molecule has 0 spiro atoms. The van der Waals surface area contributed by atoms with Gasteiger partial charge in [0, 0.05) is 25.1 Å². The Balaban J connectivity index is 1.86. The monoisotopic (exact) mass is 212 g/mol. The van der Waals surface area contributed by atoms with Crippen LogP contribution in [0.15, 0.2) is 0 Å². The lowest BCUT2D eigenvalue weighted by molar-refractivity contribution is 0.119. The number of ether oxygens (including phenoxy) is 1. The molecule has 0 aromatic rings. The Morgan fingerprint density at radius 3 is 2.73 bits per heavy atom. The van der Waals surface area contributed by atoms with E-state index >= 15 is 0 Å². The molecule has 0 bridgehead atoms. The highest BCUT2D eigenvalue weighted by Crippen LogP contribution is 2.30. The molecule has 0 saturated carbocycles. The van der Waals surface area contributed by atoms with Gasteiger partial charge in [0.05, 0.1) is 6.61 Å². The maximum absolute atomic E-state index is 5.60. The molecular weight excluding hydrogens is 188 g/mol. The fourth-order valence-corrected chi connectivity index (χ4v) is 2.77. The van der Waals surface area contributed by atoms with Crippen molar-refractivity contribution in [3.05, 3.63) is 0 Å². The van der Waals surface area contributed by atoms with Crippen LogP contribution in [0.25, 0.3) is 0 Å². The van der Waals surface area contributed by atoms with Gasteiger partial charge in [-0.1, -0.05) is 6.92 Å². The second-order valence-corrected chi connectivity index (χ2v) is 5.07. The molecule has 1 unspecified atom stereocenters. The van der Waals surface area contributed by atoms with Crippen molar-refractivity contribution < 1.29 is 4.74 Å². The van der Waals surface area contributed by atoms with Crippen LogP contribution < -0.4 is 5.32 Å². The van der Waals surface area contributed by atoms with E-state index in [4.69, 9.17) is 4.74 Å². The van der Waals surface area contributed by atoms with Crippen molar-refractivity contribution in [2.45, 2.75) is 26.2 Å². The van der Waals surface area contributed by atoms with Crippen LogP contribution >= 0.6 is 0 Å². The number of rotatable bonds is 5. The Morgan fingerprint density at radius 1 is 1.33 bits per heavy atom. The van der Waals surface area contributed by atoms with E-state index < -0.39 is 0 Å². The first kappa shape index (κ1) is 11.4. The Hall–Kier alpha value is -0.120. The average Bonchev–Trinajstić information content (AvgIpc) is 2.88. The molecule has 88 valence electrons. The summed E-state index contributed by atoms with van der Waals surface area (Å²) >= 11 is 0. The molecule has 2 saturated heterocycles. The number of hydrogen-bond acceptors (Lipinski definition) is 3. The summed E-state index contributed by atoms with van der Waals surface area (Å²) in [6, 6.07) is 0. The molecule has 0 aliphatic carbocycles. The zero-order valence-electron chi connectivity index (χ0n) is 9.93. The van der Waals surface area contributed by atoms with Gasteiger partial charge in [0.1, 0.15) is 0 Å². The molecule has 0 aromatic heterocycles. The molecule has 0 radical (unpaired) electrons. The summed E-state index contributed by atoms with van der Waals surface area (Å²) < 4.78 is 5.60. The molecule has 0 amide bonds. The summed E-state index contributed by atoms with van der Waals surface area (Å²) in [5.74, 6) is 0. The minimum absolute atomic E-state index is 0.403. The summed E-state index contributed by atoms with van der Waals surface area (Å²) in [6.45, 7) is 10.1. The second kappa shape index (κ2) is 5.28. The molecule has 0 aromatic carbocycles. The first-order valence-corrected chi connectivity index (χ1v) is 6.35. The van der Waals surface area contributed by atoms with Gasteiger partial charge >= 0.3 is 0 Å². The van der Waals surface area contributed by atoms with Crippen molar-refractivity contribution in [1.29, 1.82) is 0 Å². The summed E-state index contributed by atoms with van der Waals surface area (Å²) in [5.41, 5.74) is 0.403. The lowest BCUT2D eigenvalue weighted by atomic mass is 9.86. The average molecular weight is 212 g/mol. The highest BCUT2D eigenvalue weighted by molar-refractivity contribution is 4.89. The van der Waals surface area contributed by atoms with E-state index in [9.17, 15) is 0 Å². The van der Waals surface area contributed by atoms with Gasteiger partial charge in [-0.05, 0) is 38.9 Å². The molecule has 15 heavy (non-hydrogen) atoms. The van der Waals surface area contributed by atoms with Gasteiger partial charge in [-0.2, -0.15) is 0 Å². The van der Waals surface area contributed by atoms with E-state index in [2.05, 4.69) is 17.1 Å². The van der Waals surface area contributed by atoms with Crippen LogP contribution in [0.3, 0.4) is 0 Å². The molecule has 2 heterocycles. The van der Waals surface area contributed by atoms with Gasteiger partial charge in [-0.15, -0.1) is 0 Å². The topological polar surface area (TPSA) is 24.5 Å². The van der Waals surface area contributed by atoms with E-state index in [-0.39, 0.29) is 0 Å². The number of hydrogen-bond donors (Lipinski definition) is 1. The standard InChI is InChI=1S/C12H24N2O/c1-2-13-9-12(5-8-15-11-12)10-14-6-3-4-7-14/h13H,2-11H2,1H3. The van der Waals surface area contributed by atoms with Crippen molar-refractivity contribution in [1.82, 2.24) is 10.2 Å². The minimum Gasteiger partial charge on any atom is -0.381 e. The fourth-order valence-electron chi connectivity index (χ4n) is 2.77. The summed E-state index contributed by atoms with van der Waals surface area (Å²) in [4.78, 5) is 2.62. The SMILES string of the molecule is CCNCC1(CN2CCCC2)CCOC1. The molecule has 3 heteroatoms. The normalized spacial score (nSPS) is 32.6. The van der Waals surface area contributed by atoms with Crippen molar-refractivity contribution in [2.75, 3.05) is 45.9 Å². The molecule has 2 fully saturated rings. The lowest BCUT2D eigenvalue weighted by Gasteiger charge is -2.32. The molecular formula is C12H24N2O. The van der Waals surface area contributed by atoms with Crippen molar-refractivity contribution >= 4 is 0 Å². The predicted molar refractivity (Wildman–Crippen MR) is 62.1 cm³/mol. The van der Waals surface area contributed by atoms with E-state index in [1.165, 1.54) is 38.9 Å². The predicted octanol–water partition coefficient (Wildman–Crippen LogP) is 1.10. The quantitative estimate of drug-likeness (QED) is 0.738. The Labute approximate surface area is 93.2 Å². The first-order valence-electron chi connectivity index (χ1n) is 6.35. The van der Waals surface area contributed by atoms with Crippen LogP contribution in [0.5, 0.6) is 0 Å². The third kappa shape index (κ3) is 2.92. The number of nitrogens with zero attached hydrogens (tertiary/aromatic N) is 1. The van der Waals surface area contributed by atoms with Gasteiger partial charge in [-0.3, -0.25) is 0 Å². The van der Waals surface area contributed by atoms with Crippen LogP contribution in [0.4, 0.5) is 0 Å². The van der Waals surface area contributed by atoms with Crippen molar-refractivity contribution in [2.24, 2.45) is 5.41 Å². The Kier molecular flexibility index (Phi) is 4.00. The third-order valence-corrected chi connectivity index (χ3v) is 3.69. The Bertz CT molecular complexity index is 184. The fraction of sp³-hybridized carbons (Fsp3) is 1.00. The van der Waals surface area contributed by atoms with E-state index in [0.717, 1.165) is 26.3 Å². The van der Waals surface area contributed by atoms with Crippen molar-refractivity contribution in [3.8, 4) is 0 Å². The largest absolute Gasteiger partial charge is 0.381 e. The van der Waals surface area contributed by atoms with E-state index in [1.54, 1.807) is 0 Å². The maximum atomic E-state index is 5.60. The van der Waals surface area contributed by atoms with E-state index in [0.29, 0.717) is 5.41 Å². The van der Waals surface area contributed by atoms with Crippen LogP contribution in [-0.4, -0.2) is 50.8 Å². The number of likely N-dealkylation sites (tertiary alicyclic amines) is 1. The molecule has 2 aliphatic rings. The highest BCUT2D eigenvalue weighted by atomic mass is 16.5. The molecule has 2 aliphatic heterocycles.